The Balaban J connectivity index is 4.27. The summed E-state index contributed by atoms with van der Waals surface area (Å²) in [6, 6.07) is 0.757. The molecule has 0 aliphatic carbocycles. The van der Waals surface area contributed by atoms with Crippen molar-refractivity contribution in [3.8, 4) is 6.07 Å². The lowest BCUT2D eigenvalue weighted by Gasteiger charge is -2.03. The number of aliphatic hydroxyl groups is 1. The van der Waals surface area contributed by atoms with Gasteiger partial charge in [0.2, 0.25) is 6.10 Å². The van der Waals surface area contributed by atoms with Crippen LogP contribution >= 0.6 is 0 Å². The molecule has 1 unspecified atom stereocenters. The van der Waals surface area contributed by atoms with Crippen molar-refractivity contribution in [1.29, 1.82) is 5.26 Å². The van der Waals surface area contributed by atoms with Gasteiger partial charge in [-0.15, -0.1) is 0 Å². The van der Waals surface area contributed by atoms with Crippen molar-refractivity contribution in [3.63, 3.8) is 0 Å². The van der Waals surface area contributed by atoms with Gasteiger partial charge in [-0.2, -0.15) is 18.4 Å². The second-order valence-corrected chi connectivity index (χ2v) is 1.39. The molecule has 0 fully saturated rings. The largest absolute Gasteiger partial charge is 0.453 e. The fourth-order valence-electron chi connectivity index (χ4n) is 0.214. The summed E-state index contributed by atoms with van der Waals surface area (Å²) >= 11 is 0. The van der Waals surface area contributed by atoms with Gasteiger partial charge < -0.3 is 5.11 Å². The van der Waals surface area contributed by atoms with E-state index in [1.165, 1.54) is 0 Å². The SMILES string of the molecule is N#CC(O)C(=O)C(F)(F)F. The summed E-state index contributed by atoms with van der Waals surface area (Å²) in [5, 5.41) is 15.7. The molecule has 10 heavy (non-hydrogen) atoms. The number of nitriles is 1. The first-order valence-electron chi connectivity index (χ1n) is 2.08. The number of carbonyl (C=O) groups excluding carboxylic acids is 1. The highest BCUT2D eigenvalue weighted by Crippen LogP contribution is 2.17. The summed E-state index contributed by atoms with van der Waals surface area (Å²) in [7, 11) is 0. The van der Waals surface area contributed by atoms with Crippen molar-refractivity contribution in [2.24, 2.45) is 0 Å². The third-order valence-electron chi connectivity index (χ3n) is 0.650. The number of halogens is 3. The molecular weight excluding hydrogens is 151 g/mol. The maximum absolute atomic E-state index is 11.2. The normalized spacial score (nSPS) is 13.9. The molecule has 0 aliphatic heterocycles. The predicted molar refractivity (Wildman–Crippen MR) is 22.7 cm³/mol. The first kappa shape index (κ1) is 8.91. The van der Waals surface area contributed by atoms with Gasteiger partial charge in [0.15, 0.2) is 0 Å². The Kier molecular flexibility index (Phi) is 2.37. The second kappa shape index (κ2) is 2.66. The molecule has 0 bridgehead atoms. The highest BCUT2D eigenvalue weighted by molar-refractivity contribution is 5.90. The van der Waals surface area contributed by atoms with Crippen LogP contribution in [0.2, 0.25) is 0 Å². The summed E-state index contributed by atoms with van der Waals surface area (Å²) in [6.45, 7) is 0. The molecule has 0 heterocycles. The Morgan fingerprint density at radius 3 is 2.10 bits per heavy atom. The van der Waals surface area contributed by atoms with E-state index in [0.717, 1.165) is 6.07 Å². The summed E-state index contributed by atoms with van der Waals surface area (Å²) in [5.41, 5.74) is 0. The van der Waals surface area contributed by atoms with Crippen LogP contribution in [0.1, 0.15) is 0 Å². The van der Waals surface area contributed by atoms with Crippen LogP contribution in [-0.2, 0) is 4.79 Å². The maximum Gasteiger partial charge on any atom is 0.453 e. The Morgan fingerprint density at radius 1 is 1.60 bits per heavy atom. The summed E-state index contributed by atoms with van der Waals surface area (Å²) in [6.07, 6.45) is -7.73. The molecule has 0 aliphatic rings. The quantitative estimate of drug-likeness (QED) is 0.539. The van der Waals surface area contributed by atoms with E-state index in [2.05, 4.69) is 0 Å². The lowest BCUT2D eigenvalue weighted by Crippen LogP contribution is -2.33. The number of hydrogen-bond acceptors (Lipinski definition) is 3. The summed E-state index contributed by atoms with van der Waals surface area (Å²) < 4.78 is 33.7. The van der Waals surface area contributed by atoms with Gasteiger partial charge in [0.1, 0.15) is 6.07 Å². The van der Waals surface area contributed by atoms with Gasteiger partial charge in [0.25, 0.3) is 5.78 Å². The topological polar surface area (TPSA) is 61.1 Å². The highest BCUT2D eigenvalue weighted by atomic mass is 19.4. The van der Waals surface area contributed by atoms with Crippen LogP contribution in [-0.4, -0.2) is 23.2 Å². The molecule has 6 heteroatoms. The van der Waals surface area contributed by atoms with E-state index in [-0.39, 0.29) is 0 Å². The highest BCUT2D eigenvalue weighted by Gasteiger charge is 2.42. The molecule has 0 aromatic rings. The average Bonchev–Trinajstić information content (AvgIpc) is 1.83. The van der Waals surface area contributed by atoms with Crippen molar-refractivity contribution in [2.75, 3.05) is 0 Å². The van der Waals surface area contributed by atoms with Gasteiger partial charge in [-0.3, -0.25) is 4.79 Å². The standard InChI is InChI=1S/C4H2F3NO2/c5-4(6,7)3(10)2(9)1-8/h2,9H. The van der Waals surface area contributed by atoms with E-state index < -0.39 is 18.1 Å². The van der Waals surface area contributed by atoms with Gasteiger partial charge in [-0.25, -0.2) is 0 Å². The fraction of sp³-hybridized carbons (Fsp3) is 0.500. The van der Waals surface area contributed by atoms with Gasteiger partial charge in [0, 0.05) is 0 Å². The van der Waals surface area contributed by atoms with Crippen LogP contribution in [0.3, 0.4) is 0 Å². The zero-order chi connectivity index (χ0) is 8.36. The van der Waals surface area contributed by atoms with Gasteiger partial charge in [-0.1, -0.05) is 0 Å². The van der Waals surface area contributed by atoms with Crippen LogP contribution in [0.5, 0.6) is 0 Å². The third kappa shape index (κ3) is 2.03. The number of nitrogens with zero attached hydrogens (tertiary/aromatic N) is 1. The molecule has 0 aromatic carbocycles. The first-order valence-corrected chi connectivity index (χ1v) is 2.08. The Labute approximate surface area is 53.7 Å². The van der Waals surface area contributed by atoms with Crippen LogP contribution in [0, 0.1) is 11.3 Å². The molecule has 0 amide bonds. The molecule has 0 aromatic heterocycles. The second-order valence-electron chi connectivity index (χ2n) is 1.39. The smallest absolute Gasteiger partial charge is 0.371 e. The van der Waals surface area contributed by atoms with Crippen molar-refractivity contribution in [3.05, 3.63) is 0 Å². The number of alkyl halides is 3. The molecule has 0 radical (unpaired) electrons. The van der Waals surface area contributed by atoms with Crippen molar-refractivity contribution in [2.45, 2.75) is 12.3 Å². The molecule has 0 spiro atoms. The van der Waals surface area contributed by atoms with Crippen LogP contribution in [0.25, 0.3) is 0 Å². The Bertz CT molecular complexity index is 180. The monoisotopic (exact) mass is 153 g/mol. The molecule has 0 saturated heterocycles. The minimum absolute atomic E-state index is 0.757. The molecule has 3 nitrogen and oxygen atoms in total. The number of hydrogen-bond donors (Lipinski definition) is 1. The fourth-order valence-corrected chi connectivity index (χ4v) is 0.214. The lowest BCUT2D eigenvalue weighted by molar-refractivity contribution is -0.177. The number of Topliss-reactive ketones (excluding diaryl/α,β-unsaturated/α-hetero) is 1. The third-order valence-corrected chi connectivity index (χ3v) is 0.650. The predicted octanol–water partition coefficient (Wildman–Crippen LogP) is 0.00228. The zero-order valence-electron chi connectivity index (χ0n) is 4.51. The van der Waals surface area contributed by atoms with Crippen LogP contribution in [0.4, 0.5) is 13.2 Å². The molecular formula is C4H2F3NO2. The van der Waals surface area contributed by atoms with Gasteiger partial charge in [0.05, 0.1) is 0 Å². The van der Waals surface area contributed by atoms with Gasteiger partial charge >= 0.3 is 6.18 Å². The van der Waals surface area contributed by atoms with Crippen molar-refractivity contribution >= 4 is 5.78 Å². The molecule has 1 atom stereocenters. The van der Waals surface area contributed by atoms with Gasteiger partial charge in [-0.05, 0) is 0 Å². The number of aliphatic hydroxyl groups excluding tert-OH is 1. The summed E-state index contributed by atoms with van der Waals surface area (Å²) in [4.78, 5) is 9.80. The number of rotatable bonds is 1. The Morgan fingerprint density at radius 2 is 2.00 bits per heavy atom. The summed E-state index contributed by atoms with van der Waals surface area (Å²) in [5.74, 6) is -2.44. The minimum atomic E-state index is -5.13. The zero-order valence-corrected chi connectivity index (χ0v) is 4.51. The molecule has 0 saturated carbocycles. The van der Waals surface area contributed by atoms with Crippen LogP contribution in [0.15, 0.2) is 0 Å². The molecule has 0 rings (SSSR count). The minimum Gasteiger partial charge on any atom is -0.371 e. The van der Waals surface area contributed by atoms with Crippen molar-refractivity contribution < 1.29 is 23.1 Å². The average molecular weight is 153 g/mol. The maximum atomic E-state index is 11.2. The van der Waals surface area contributed by atoms with Crippen LogP contribution < -0.4 is 0 Å². The first-order chi connectivity index (χ1) is 4.39. The van der Waals surface area contributed by atoms with E-state index in [1.54, 1.807) is 0 Å². The van der Waals surface area contributed by atoms with E-state index in [1.807, 2.05) is 0 Å². The number of carbonyl (C=O) groups is 1. The van der Waals surface area contributed by atoms with Crippen molar-refractivity contribution in [1.82, 2.24) is 0 Å². The Hall–Kier alpha value is -1.09. The number of ketones is 1. The lowest BCUT2D eigenvalue weighted by atomic mass is 10.2. The van der Waals surface area contributed by atoms with E-state index in [9.17, 15) is 18.0 Å². The van der Waals surface area contributed by atoms with E-state index in [4.69, 9.17) is 10.4 Å². The molecule has 56 valence electrons. The van der Waals surface area contributed by atoms with E-state index >= 15 is 0 Å². The molecule has 1 N–H and O–H groups in total. The van der Waals surface area contributed by atoms with E-state index in [0.29, 0.717) is 0 Å².